The molecule has 0 saturated heterocycles. The van der Waals surface area contributed by atoms with Crippen molar-refractivity contribution in [3.63, 3.8) is 0 Å². The Labute approximate surface area is 193 Å². The van der Waals surface area contributed by atoms with Crippen molar-refractivity contribution in [3.05, 3.63) is 58.1 Å². The van der Waals surface area contributed by atoms with Crippen LogP contribution < -0.4 is 20.1 Å². The smallest absolute Gasteiger partial charge is 0.338 e. The van der Waals surface area contributed by atoms with Crippen LogP contribution in [0.1, 0.15) is 35.5 Å². The van der Waals surface area contributed by atoms with Crippen LogP contribution in [0.3, 0.4) is 0 Å². The normalized spacial score (nSPS) is 17.5. The first-order chi connectivity index (χ1) is 16.0. The van der Waals surface area contributed by atoms with Gasteiger partial charge in [-0.15, -0.1) is 0 Å². The zero-order valence-corrected chi connectivity index (χ0v) is 18.4. The van der Waals surface area contributed by atoms with Crippen molar-refractivity contribution in [3.8, 4) is 11.5 Å². The molecule has 0 aliphatic carbocycles. The quantitative estimate of drug-likeness (QED) is 0.609. The fourth-order valence-electron chi connectivity index (χ4n) is 3.42. The van der Waals surface area contributed by atoms with Crippen molar-refractivity contribution in [2.24, 2.45) is 0 Å². The summed E-state index contributed by atoms with van der Waals surface area (Å²) in [5.41, 5.74) is 0.272. The monoisotopic (exact) mass is 476 g/mol. The maximum absolute atomic E-state index is 12.7. The summed E-state index contributed by atoms with van der Waals surface area (Å²) >= 11 is 6.25. The average Bonchev–Trinajstić information content (AvgIpc) is 3.22. The number of ether oxygens (including phenoxy) is 4. The molecule has 0 bridgehead atoms. The highest BCUT2D eigenvalue weighted by Crippen LogP contribution is 2.38. The molecule has 1 atom stereocenters. The van der Waals surface area contributed by atoms with Gasteiger partial charge in [0.05, 0.1) is 47.9 Å². The summed E-state index contributed by atoms with van der Waals surface area (Å²) in [7, 11) is 0. The zero-order valence-electron chi connectivity index (χ0n) is 17.6. The molecule has 0 saturated carbocycles. The van der Waals surface area contributed by atoms with E-state index in [4.69, 9.17) is 35.0 Å². The summed E-state index contributed by atoms with van der Waals surface area (Å²) in [5.74, 6) is -0.385. The van der Waals surface area contributed by atoms with E-state index in [0.717, 1.165) is 0 Å². The van der Waals surface area contributed by atoms with E-state index in [1.54, 1.807) is 19.1 Å². The van der Waals surface area contributed by atoms with Crippen molar-refractivity contribution in [1.29, 1.82) is 0 Å². The van der Waals surface area contributed by atoms with E-state index in [1.807, 2.05) is 0 Å². The molecule has 2 aliphatic heterocycles. The number of nitrogens with one attached hydrogen (secondary N) is 2. The number of esters is 2. The molecule has 0 spiro atoms. The maximum Gasteiger partial charge on any atom is 0.338 e. The van der Waals surface area contributed by atoms with Crippen LogP contribution >= 0.6 is 11.6 Å². The van der Waals surface area contributed by atoms with Crippen molar-refractivity contribution in [2.75, 3.05) is 26.4 Å². The minimum absolute atomic E-state index is 0.0656. The molecule has 4 rings (SSSR count). The van der Waals surface area contributed by atoms with Gasteiger partial charge in [-0.05, 0) is 31.2 Å². The minimum atomic E-state index is -0.908. The Kier molecular flexibility index (Phi) is 6.74. The van der Waals surface area contributed by atoms with Gasteiger partial charge < -0.3 is 34.0 Å². The fourth-order valence-corrected chi connectivity index (χ4v) is 3.69. The predicted molar refractivity (Wildman–Crippen MR) is 114 cm³/mol. The van der Waals surface area contributed by atoms with Gasteiger partial charge >= 0.3 is 18.0 Å². The highest BCUT2D eigenvalue weighted by molar-refractivity contribution is 6.32. The molecule has 0 fully saturated rings. The van der Waals surface area contributed by atoms with Crippen molar-refractivity contribution < 1.29 is 37.7 Å². The van der Waals surface area contributed by atoms with Gasteiger partial charge in [0.15, 0.2) is 11.5 Å². The Balaban J connectivity index is 1.59. The first-order valence-electron chi connectivity index (χ1n) is 10.2. The van der Waals surface area contributed by atoms with Crippen LogP contribution in [0.2, 0.25) is 5.02 Å². The second-order valence-electron chi connectivity index (χ2n) is 7.07. The molecule has 1 aromatic carbocycles. The van der Waals surface area contributed by atoms with Gasteiger partial charge in [-0.2, -0.15) is 0 Å². The molecule has 3 heterocycles. The van der Waals surface area contributed by atoms with E-state index in [-0.39, 0.29) is 28.5 Å². The summed E-state index contributed by atoms with van der Waals surface area (Å²) in [6.07, 6.45) is 2.10. The fraction of sp³-hybridized carbons (Fsp3) is 0.318. The van der Waals surface area contributed by atoms with E-state index in [0.29, 0.717) is 36.9 Å². The topological polar surface area (TPSA) is 125 Å². The summed E-state index contributed by atoms with van der Waals surface area (Å²) in [6.45, 7) is 2.24. The maximum atomic E-state index is 12.7. The van der Waals surface area contributed by atoms with Gasteiger partial charge in [0.1, 0.15) is 18.4 Å². The number of hydrogen-bond donors (Lipinski definition) is 2. The van der Waals surface area contributed by atoms with Crippen molar-refractivity contribution >= 4 is 29.6 Å². The molecule has 2 amide bonds. The Morgan fingerprint density at radius 2 is 2.00 bits per heavy atom. The molecular formula is C22H21ClN2O8. The third kappa shape index (κ3) is 4.90. The Morgan fingerprint density at radius 3 is 2.76 bits per heavy atom. The number of benzene rings is 1. The molecule has 1 aromatic heterocycles. The number of amides is 2. The van der Waals surface area contributed by atoms with E-state index < -0.39 is 30.6 Å². The Bertz CT molecular complexity index is 1100. The van der Waals surface area contributed by atoms with E-state index in [2.05, 4.69) is 10.6 Å². The van der Waals surface area contributed by atoms with Crippen LogP contribution in [0.5, 0.6) is 11.5 Å². The molecule has 11 heteroatoms. The largest absolute Gasteiger partial charge is 0.489 e. The third-order valence-corrected chi connectivity index (χ3v) is 5.14. The van der Waals surface area contributed by atoms with Gasteiger partial charge in [0.2, 0.25) is 0 Å². The first-order valence-corrected chi connectivity index (χ1v) is 10.6. The summed E-state index contributed by atoms with van der Waals surface area (Å²) in [6, 6.07) is 4.62. The highest BCUT2D eigenvalue weighted by Gasteiger charge is 2.36. The standard InChI is InChI=1S/C22H21ClN2O8/c1-2-29-21(27)17-14(24-22(28)25-18(17)15-5-3-6-30-15)11-33-20(26)12-9-13(23)19-16(10-12)31-7-4-8-32-19/h3,5-6,9-10,18H,2,4,7-8,11H2,1H3,(H2,24,25,28)/t18-/m0/s1. The van der Waals surface area contributed by atoms with Gasteiger partial charge in [-0.1, -0.05) is 11.6 Å². The second-order valence-corrected chi connectivity index (χ2v) is 7.48. The van der Waals surface area contributed by atoms with Crippen LogP contribution in [-0.4, -0.2) is 44.4 Å². The molecule has 174 valence electrons. The average molecular weight is 477 g/mol. The van der Waals surface area contributed by atoms with Crippen molar-refractivity contribution in [1.82, 2.24) is 10.6 Å². The van der Waals surface area contributed by atoms with Crippen LogP contribution in [0.4, 0.5) is 4.79 Å². The lowest BCUT2D eigenvalue weighted by molar-refractivity contribution is -0.139. The number of hydrogen-bond acceptors (Lipinski definition) is 8. The molecule has 2 aromatic rings. The van der Waals surface area contributed by atoms with Gasteiger partial charge in [-0.3, -0.25) is 0 Å². The molecule has 2 N–H and O–H groups in total. The predicted octanol–water partition coefficient (Wildman–Crippen LogP) is 3.12. The zero-order chi connectivity index (χ0) is 23.4. The minimum Gasteiger partial charge on any atom is -0.489 e. The number of furan rings is 1. The number of fused-ring (bicyclic) bond motifs is 1. The van der Waals surface area contributed by atoms with Crippen LogP contribution in [0.25, 0.3) is 0 Å². The molecule has 0 radical (unpaired) electrons. The number of carbonyl (C=O) groups excluding carboxylic acids is 3. The van der Waals surface area contributed by atoms with E-state index >= 15 is 0 Å². The molecule has 2 aliphatic rings. The number of halogens is 1. The molecular weight excluding hydrogens is 456 g/mol. The van der Waals surface area contributed by atoms with Crippen molar-refractivity contribution in [2.45, 2.75) is 19.4 Å². The summed E-state index contributed by atoms with van der Waals surface area (Å²) in [5, 5.41) is 5.34. The third-order valence-electron chi connectivity index (χ3n) is 4.86. The lowest BCUT2D eigenvalue weighted by atomic mass is 10.0. The van der Waals surface area contributed by atoms with Gasteiger partial charge in [0.25, 0.3) is 0 Å². The van der Waals surface area contributed by atoms with Crippen LogP contribution in [0, 0.1) is 0 Å². The lowest BCUT2D eigenvalue weighted by Gasteiger charge is -2.27. The Hall–Kier alpha value is -3.66. The SMILES string of the molecule is CCOC(=O)C1=C(COC(=O)c2cc(Cl)c3c(c2)OCCCO3)NC(=O)N[C@H]1c1ccco1. The number of rotatable bonds is 6. The summed E-state index contributed by atoms with van der Waals surface area (Å²) in [4.78, 5) is 37.6. The highest BCUT2D eigenvalue weighted by atomic mass is 35.5. The van der Waals surface area contributed by atoms with Gasteiger partial charge in [0, 0.05) is 6.42 Å². The number of urea groups is 1. The molecule has 33 heavy (non-hydrogen) atoms. The van der Waals surface area contributed by atoms with E-state index in [1.165, 1.54) is 18.4 Å². The molecule has 0 unspecified atom stereocenters. The first kappa shape index (κ1) is 22.5. The lowest BCUT2D eigenvalue weighted by Crippen LogP contribution is -2.47. The summed E-state index contributed by atoms with van der Waals surface area (Å²) < 4.78 is 27.0. The number of carbonyl (C=O) groups is 3. The van der Waals surface area contributed by atoms with Gasteiger partial charge in [-0.25, -0.2) is 14.4 Å². The van der Waals surface area contributed by atoms with Crippen LogP contribution in [-0.2, 0) is 14.3 Å². The Morgan fingerprint density at radius 1 is 1.18 bits per heavy atom. The van der Waals surface area contributed by atoms with E-state index in [9.17, 15) is 14.4 Å². The molecule has 10 nitrogen and oxygen atoms in total. The van der Waals surface area contributed by atoms with Crippen LogP contribution in [0.15, 0.2) is 46.2 Å². The second kappa shape index (κ2) is 9.86.